The van der Waals surface area contributed by atoms with Gasteiger partial charge in [0.1, 0.15) is 0 Å². The lowest BCUT2D eigenvalue weighted by molar-refractivity contribution is -0.439. The van der Waals surface area contributed by atoms with Crippen molar-refractivity contribution in [2.45, 2.75) is 75.9 Å². The standard InChI is InChI=1S/C8H5F13.C6H16O3Si/c1-2-3(9,10)4(11,12)5(13,14)6(15,16)7(17,18)8(19,20)21;1-4-8-10(7,6-3)9-5-2/h2H2,1H3;7H,4-6H2,1-3H3. The van der Waals surface area contributed by atoms with Gasteiger partial charge in [-0.05, 0) is 13.8 Å². The smallest absolute Gasteiger partial charge is 0.390 e. The minimum absolute atomic E-state index is 0.115. The first-order valence-corrected chi connectivity index (χ1v) is 10.4. The van der Waals surface area contributed by atoms with Crippen LogP contribution in [0, 0.1) is 0 Å². The Labute approximate surface area is 169 Å². The van der Waals surface area contributed by atoms with Crippen molar-refractivity contribution < 1.29 is 70.7 Å². The zero-order valence-corrected chi connectivity index (χ0v) is 17.5. The highest BCUT2D eigenvalue weighted by Gasteiger charge is 2.90. The van der Waals surface area contributed by atoms with Crippen LogP contribution in [0.2, 0.25) is 6.04 Å². The molecule has 0 spiro atoms. The molecule has 0 atom stereocenters. The van der Waals surface area contributed by atoms with Gasteiger partial charge >= 0.3 is 44.6 Å². The Morgan fingerprint density at radius 1 is 0.581 bits per heavy atom. The first-order chi connectivity index (χ1) is 13.5. The summed E-state index contributed by atoms with van der Waals surface area (Å²) in [5.41, 5.74) is 0. The normalized spacial score (nSPS) is 14.9. The number of rotatable bonds is 10. The topological polar surface area (TPSA) is 38.7 Å². The molecule has 0 aliphatic rings. The molecule has 31 heavy (non-hydrogen) atoms. The second-order valence-electron chi connectivity index (χ2n) is 5.79. The van der Waals surface area contributed by atoms with Crippen molar-refractivity contribution in [3.8, 4) is 0 Å². The molecule has 3 nitrogen and oxygen atoms in total. The summed E-state index contributed by atoms with van der Waals surface area (Å²) < 4.78 is 171. The zero-order valence-electron chi connectivity index (χ0n) is 16.5. The summed E-state index contributed by atoms with van der Waals surface area (Å²) in [6.45, 7) is 6.74. The summed E-state index contributed by atoms with van der Waals surface area (Å²) in [5.74, 6) is -36.2. The molecule has 0 aliphatic heterocycles. The Morgan fingerprint density at radius 2 is 0.903 bits per heavy atom. The maximum absolute atomic E-state index is 12.7. The number of halogens is 13. The molecule has 0 heterocycles. The summed E-state index contributed by atoms with van der Waals surface area (Å²) in [6, 6.07) is 0.592. The van der Waals surface area contributed by atoms with Crippen molar-refractivity contribution in [3.05, 3.63) is 0 Å². The van der Waals surface area contributed by atoms with Gasteiger partial charge in [-0.15, -0.1) is 0 Å². The molecule has 0 saturated heterocycles. The Morgan fingerprint density at radius 3 is 1.13 bits per heavy atom. The van der Waals surface area contributed by atoms with Gasteiger partial charge in [-0.1, -0.05) is 13.8 Å². The fraction of sp³-hybridized carbons (Fsp3) is 1.00. The van der Waals surface area contributed by atoms with Crippen molar-refractivity contribution in [2.24, 2.45) is 0 Å². The predicted octanol–water partition coefficient (Wildman–Crippen LogP) is 6.15. The summed E-state index contributed by atoms with van der Waals surface area (Å²) >= 11 is 0. The van der Waals surface area contributed by atoms with Crippen LogP contribution < -0.4 is 0 Å². The molecule has 0 saturated carbocycles. The van der Waals surface area contributed by atoms with Crippen LogP contribution in [0.1, 0.15) is 34.1 Å². The Bertz CT molecular complexity index is 546. The molecule has 0 bridgehead atoms. The molecule has 0 radical (unpaired) electrons. The summed E-state index contributed by atoms with van der Waals surface area (Å²) in [5, 5.41) is 0. The minimum atomic E-state index is -7.81. The van der Waals surface area contributed by atoms with Crippen LogP contribution in [0.25, 0.3) is 0 Å². The maximum Gasteiger partial charge on any atom is 0.497 e. The second kappa shape index (κ2) is 10.4. The van der Waals surface area contributed by atoms with Crippen molar-refractivity contribution >= 4 is 8.80 Å². The number of hydrogen-bond donors (Lipinski definition) is 1. The van der Waals surface area contributed by atoms with E-state index in [1.165, 1.54) is 0 Å². The van der Waals surface area contributed by atoms with E-state index >= 15 is 0 Å². The summed E-state index contributed by atoms with van der Waals surface area (Å²) in [7, 11) is -2.72. The summed E-state index contributed by atoms with van der Waals surface area (Å²) in [4.78, 5) is 9.51. The molecule has 1 N–H and O–H groups in total. The predicted molar refractivity (Wildman–Crippen MR) is 82.8 cm³/mol. The van der Waals surface area contributed by atoms with E-state index in [9.17, 15) is 61.9 Å². The van der Waals surface area contributed by atoms with Crippen LogP contribution in [0.5, 0.6) is 0 Å². The Hall–Kier alpha value is -0.813. The van der Waals surface area contributed by atoms with E-state index in [1.54, 1.807) is 0 Å². The van der Waals surface area contributed by atoms with Gasteiger partial charge in [0.05, 0.1) is 0 Å². The van der Waals surface area contributed by atoms with Gasteiger partial charge in [-0.25, -0.2) is 0 Å². The molecule has 190 valence electrons. The molecule has 0 fully saturated rings. The molecular weight excluding hydrogens is 491 g/mol. The lowest BCUT2D eigenvalue weighted by atomic mass is 9.93. The molecule has 0 amide bonds. The van der Waals surface area contributed by atoms with E-state index in [0.717, 1.165) is 0 Å². The van der Waals surface area contributed by atoms with E-state index in [1.807, 2.05) is 20.8 Å². The lowest BCUT2D eigenvalue weighted by Crippen LogP contribution is -2.69. The molecule has 0 aromatic rings. The average molecular weight is 512 g/mol. The SMILES string of the molecule is CCC(F)(F)C(F)(F)C(F)(F)C(F)(F)C(F)(F)C(F)(F)F.CCO[Si](O)(CC)OCC. The van der Waals surface area contributed by atoms with Crippen LogP contribution in [-0.2, 0) is 8.85 Å². The van der Waals surface area contributed by atoms with Crippen molar-refractivity contribution in [1.29, 1.82) is 0 Å². The second-order valence-corrected chi connectivity index (χ2v) is 8.50. The first kappa shape index (κ1) is 32.4. The van der Waals surface area contributed by atoms with E-state index in [0.29, 0.717) is 19.3 Å². The van der Waals surface area contributed by atoms with Gasteiger partial charge in [0.15, 0.2) is 0 Å². The van der Waals surface area contributed by atoms with Crippen molar-refractivity contribution in [3.63, 3.8) is 0 Å². The van der Waals surface area contributed by atoms with Crippen LogP contribution in [0.3, 0.4) is 0 Å². The molecule has 0 aliphatic carbocycles. The minimum Gasteiger partial charge on any atom is -0.390 e. The fourth-order valence-corrected chi connectivity index (χ4v) is 3.11. The van der Waals surface area contributed by atoms with Gasteiger partial charge in [0.2, 0.25) is 0 Å². The number of hydrogen-bond acceptors (Lipinski definition) is 3. The van der Waals surface area contributed by atoms with E-state index in [4.69, 9.17) is 8.85 Å². The quantitative estimate of drug-likeness (QED) is 0.282. The van der Waals surface area contributed by atoms with E-state index in [-0.39, 0.29) is 6.92 Å². The molecule has 0 aromatic carbocycles. The first-order valence-electron chi connectivity index (χ1n) is 8.45. The van der Waals surface area contributed by atoms with Crippen LogP contribution in [-0.4, -0.2) is 62.6 Å². The molecule has 0 aromatic heterocycles. The monoisotopic (exact) mass is 512 g/mol. The van der Waals surface area contributed by atoms with Crippen LogP contribution in [0.4, 0.5) is 57.1 Å². The average Bonchev–Trinajstić information content (AvgIpc) is 2.61. The van der Waals surface area contributed by atoms with Gasteiger partial charge in [-0.3, -0.25) is 0 Å². The van der Waals surface area contributed by atoms with Crippen molar-refractivity contribution in [2.75, 3.05) is 13.2 Å². The molecule has 17 heteroatoms. The van der Waals surface area contributed by atoms with Crippen LogP contribution >= 0.6 is 0 Å². The third-order valence-corrected chi connectivity index (χ3v) is 6.00. The zero-order chi connectivity index (χ0) is 25.7. The highest BCUT2D eigenvalue weighted by Crippen LogP contribution is 2.60. The Kier molecular flexibility index (Phi) is 10.9. The molecule has 0 rings (SSSR count). The van der Waals surface area contributed by atoms with Gasteiger partial charge in [0.25, 0.3) is 0 Å². The third-order valence-electron chi connectivity index (χ3n) is 3.63. The Balaban J connectivity index is 0. The largest absolute Gasteiger partial charge is 0.497 e. The third kappa shape index (κ3) is 6.37. The van der Waals surface area contributed by atoms with Crippen molar-refractivity contribution in [1.82, 2.24) is 0 Å². The fourth-order valence-electron chi connectivity index (χ4n) is 1.72. The van der Waals surface area contributed by atoms with E-state index < -0.39 is 51.0 Å². The van der Waals surface area contributed by atoms with Crippen LogP contribution in [0.15, 0.2) is 0 Å². The highest BCUT2D eigenvalue weighted by molar-refractivity contribution is 6.59. The van der Waals surface area contributed by atoms with Gasteiger partial charge in [0, 0.05) is 25.7 Å². The van der Waals surface area contributed by atoms with Gasteiger partial charge < -0.3 is 13.6 Å². The van der Waals surface area contributed by atoms with E-state index in [2.05, 4.69) is 0 Å². The maximum atomic E-state index is 12.7. The van der Waals surface area contributed by atoms with Gasteiger partial charge in [-0.2, -0.15) is 57.1 Å². The number of alkyl halides is 13. The highest BCUT2D eigenvalue weighted by atomic mass is 28.4. The molecular formula is C14H21F13O3Si. The molecule has 0 unspecified atom stereocenters. The summed E-state index contributed by atoms with van der Waals surface area (Å²) in [6.07, 6.45) is -9.57. The lowest BCUT2D eigenvalue weighted by Gasteiger charge is -2.39.